The Morgan fingerprint density at radius 2 is 1.65 bits per heavy atom. The van der Waals surface area contributed by atoms with Crippen LogP contribution in [0.5, 0.6) is 5.75 Å². The van der Waals surface area contributed by atoms with Crippen LogP contribution < -0.4 is 16.2 Å². The molecule has 4 rings (SSSR count). The number of fused-ring (bicyclic) bond motifs is 1. The Balaban J connectivity index is 1.47. The number of aromatic nitrogens is 1. The molecule has 0 spiro atoms. The van der Waals surface area contributed by atoms with Gasteiger partial charge in [0.25, 0.3) is 0 Å². The summed E-state index contributed by atoms with van der Waals surface area (Å²) >= 11 is 0. The second-order valence-electron chi connectivity index (χ2n) is 7.54. The minimum absolute atomic E-state index is 0.458. The topological polar surface area (TPSA) is 91.2 Å². The zero-order valence-corrected chi connectivity index (χ0v) is 17.1. The van der Waals surface area contributed by atoms with Crippen LogP contribution in [0.25, 0.3) is 10.8 Å². The van der Waals surface area contributed by atoms with Gasteiger partial charge in [0.2, 0.25) is 5.91 Å². The van der Waals surface area contributed by atoms with Gasteiger partial charge in [0.1, 0.15) is 5.75 Å². The van der Waals surface area contributed by atoms with E-state index in [1.807, 2.05) is 66.7 Å². The van der Waals surface area contributed by atoms with Crippen molar-refractivity contribution in [2.24, 2.45) is 11.5 Å². The zero-order valence-electron chi connectivity index (χ0n) is 17.1. The van der Waals surface area contributed by atoms with E-state index < -0.39 is 17.9 Å². The summed E-state index contributed by atoms with van der Waals surface area (Å²) in [5.41, 5.74) is 15.1. The summed E-state index contributed by atoms with van der Waals surface area (Å²) in [7, 11) is 0. The SMILES string of the molecule is NC(=O)C(c1ccc(OCCc2ccccc2)cc1)C(N)c1ccc2cnccc2c1. The minimum Gasteiger partial charge on any atom is -0.493 e. The molecular weight excluding hydrogens is 386 g/mol. The summed E-state index contributed by atoms with van der Waals surface area (Å²) in [5.74, 6) is -0.354. The van der Waals surface area contributed by atoms with Crippen molar-refractivity contribution in [1.82, 2.24) is 4.98 Å². The minimum atomic E-state index is -0.641. The van der Waals surface area contributed by atoms with Crippen molar-refractivity contribution in [3.05, 3.63) is 108 Å². The number of benzene rings is 3. The van der Waals surface area contributed by atoms with Crippen molar-refractivity contribution >= 4 is 16.7 Å². The van der Waals surface area contributed by atoms with Crippen molar-refractivity contribution in [3.63, 3.8) is 0 Å². The second-order valence-corrected chi connectivity index (χ2v) is 7.54. The first-order chi connectivity index (χ1) is 15.1. The number of pyridine rings is 1. The Kier molecular flexibility index (Phi) is 6.24. The molecule has 5 nitrogen and oxygen atoms in total. The van der Waals surface area contributed by atoms with E-state index >= 15 is 0 Å². The first kappa shape index (κ1) is 20.6. The van der Waals surface area contributed by atoms with Crippen molar-refractivity contribution in [3.8, 4) is 5.75 Å². The molecule has 0 saturated carbocycles. The van der Waals surface area contributed by atoms with E-state index in [1.54, 1.807) is 12.4 Å². The highest BCUT2D eigenvalue weighted by molar-refractivity contribution is 5.85. The number of nitrogens with two attached hydrogens (primary N) is 2. The van der Waals surface area contributed by atoms with E-state index in [0.717, 1.165) is 34.1 Å². The number of nitrogens with zero attached hydrogens (tertiary/aromatic N) is 1. The Labute approximate surface area is 181 Å². The summed E-state index contributed by atoms with van der Waals surface area (Å²) < 4.78 is 5.85. The second kappa shape index (κ2) is 9.41. The van der Waals surface area contributed by atoms with Gasteiger partial charge >= 0.3 is 0 Å². The molecule has 4 N–H and O–H groups in total. The van der Waals surface area contributed by atoms with Crippen LogP contribution in [0.3, 0.4) is 0 Å². The van der Waals surface area contributed by atoms with Gasteiger partial charge in [0.15, 0.2) is 0 Å². The largest absolute Gasteiger partial charge is 0.493 e. The van der Waals surface area contributed by atoms with E-state index in [2.05, 4.69) is 17.1 Å². The fourth-order valence-electron chi connectivity index (χ4n) is 3.75. The highest BCUT2D eigenvalue weighted by Crippen LogP contribution is 2.31. The van der Waals surface area contributed by atoms with Gasteiger partial charge in [-0.3, -0.25) is 9.78 Å². The first-order valence-electron chi connectivity index (χ1n) is 10.3. The number of hydrogen-bond acceptors (Lipinski definition) is 4. The molecule has 0 saturated heterocycles. The zero-order chi connectivity index (χ0) is 21.6. The molecule has 0 aliphatic carbocycles. The fraction of sp³-hybridized carbons (Fsp3) is 0.154. The predicted octanol–water partition coefficient (Wildman–Crippen LogP) is 4.13. The van der Waals surface area contributed by atoms with Crippen LogP contribution in [0, 0.1) is 0 Å². The van der Waals surface area contributed by atoms with E-state index in [-0.39, 0.29) is 0 Å². The quantitative estimate of drug-likeness (QED) is 0.456. The third-order valence-corrected chi connectivity index (χ3v) is 5.46. The summed E-state index contributed by atoms with van der Waals surface area (Å²) in [6.07, 6.45) is 4.36. The van der Waals surface area contributed by atoms with Crippen molar-refractivity contribution in [2.75, 3.05) is 6.61 Å². The van der Waals surface area contributed by atoms with Gasteiger partial charge < -0.3 is 16.2 Å². The van der Waals surface area contributed by atoms with Gasteiger partial charge in [-0.25, -0.2) is 0 Å². The molecule has 0 aliphatic heterocycles. The maximum atomic E-state index is 12.3. The Bertz CT molecular complexity index is 1160. The van der Waals surface area contributed by atoms with Crippen LogP contribution in [0.2, 0.25) is 0 Å². The standard InChI is InChI=1S/C26H25N3O2/c27-25(21-6-7-22-17-29-14-12-20(22)16-21)24(26(28)30)19-8-10-23(11-9-19)31-15-13-18-4-2-1-3-5-18/h1-12,14,16-17,24-25H,13,15,27H2,(H2,28,30). The Hall–Kier alpha value is -3.70. The van der Waals surface area contributed by atoms with Crippen LogP contribution in [-0.2, 0) is 11.2 Å². The highest BCUT2D eigenvalue weighted by Gasteiger charge is 2.27. The molecule has 0 bridgehead atoms. The maximum absolute atomic E-state index is 12.3. The van der Waals surface area contributed by atoms with E-state index in [1.165, 1.54) is 5.56 Å². The third-order valence-electron chi connectivity index (χ3n) is 5.46. The van der Waals surface area contributed by atoms with Gasteiger partial charge in [-0.05, 0) is 46.3 Å². The predicted molar refractivity (Wildman–Crippen MR) is 123 cm³/mol. The van der Waals surface area contributed by atoms with Crippen LogP contribution >= 0.6 is 0 Å². The van der Waals surface area contributed by atoms with Crippen molar-refractivity contribution < 1.29 is 9.53 Å². The molecule has 1 heterocycles. The van der Waals surface area contributed by atoms with Crippen LogP contribution in [0.15, 0.2) is 91.3 Å². The molecule has 0 aliphatic rings. The van der Waals surface area contributed by atoms with Crippen LogP contribution in [-0.4, -0.2) is 17.5 Å². The molecule has 4 aromatic rings. The molecule has 2 atom stereocenters. The molecule has 31 heavy (non-hydrogen) atoms. The van der Waals surface area contributed by atoms with Gasteiger partial charge in [0, 0.05) is 30.2 Å². The Morgan fingerprint density at radius 1 is 0.903 bits per heavy atom. The monoisotopic (exact) mass is 411 g/mol. The lowest BCUT2D eigenvalue weighted by molar-refractivity contribution is -0.119. The van der Waals surface area contributed by atoms with Gasteiger partial charge in [0.05, 0.1) is 12.5 Å². The molecule has 3 aromatic carbocycles. The number of carbonyl (C=O) groups is 1. The molecule has 1 amide bonds. The average molecular weight is 412 g/mol. The average Bonchev–Trinajstić information content (AvgIpc) is 2.80. The summed E-state index contributed by atoms with van der Waals surface area (Å²) in [4.78, 5) is 16.4. The Morgan fingerprint density at radius 3 is 2.39 bits per heavy atom. The molecule has 1 aromatic heterocycles. The van der Waals surface area contributed by atoms with Gasteiger partial charge in [-0.15, -0.1) is 0 Å². The lowest BCUT2D eigenvalue weighted by atomic mass is 9.86. The molecule has 5 heteroatoms. The molecular formula is C26H25N3O2. The van der Waals surface area contributed by atoms with E-state index in [4.69, 9.17) is 16.2 Å². The molecule has 156 valence electrons. The normalized spacial score (nSPS) is 12.9. The number of ether oxygens (including phenoxy) is 1. The number of rotatable bonds is 8. The number of carbonyl (C=O) groups excluding carboxylic acids is 1. The molecule has 0 radical (unpaired) electrons. The molecule has 0 fully saturated rings. The van der Waals surface area contributed by atoms with Crippen LogP contribution in [0.4, 0.5) is 0 Å². The maximum Gasteiger partial charge on any atom is 0.226 e. The fourth-order valence-corrected chi connectivity index (χ4v) is 3.75. The van der Waals surface area contributed by atoms with E-state index in [0.29, 0.717) is 6.61 Å². The molecule has 2 unspecified atom stereocenters. The lowest BCUT2D eigenvalue weighted by Crippen LogP contribution is -2.31. The number of hydrogen-bond donors (Lipinski definition) is 2. The van der Waals surface area contributed by atoms with Gasteiger partial charge in [-0.2, -0.15) is 0 Å². The highest BCUT2D eigenvalue weighted by atomic mass is 16.5. The van der Waals surface area contributed by atoms with Crippen molar-refractivity contribution in [2.45, 2.75) is 18.4 Å². The lowest BCUT2D eigenvalue weighted by Gasteiger charge is -2.22. The number of amides is 1. The van der Waals surface area contributed by atoms with Crippen LogP contribution in [0.1, 0.15) is 28.7 Å². The van der Waals surface area contributed by atoms with Crippen molar-refractivity contribution in [1.29, 1.82) is 0 Å². The summed E-state index contributed by atoms with van der Waals surface area (Å²) in [6.45, 7) is 0.577. The smallest absolute Gasteiger partial charge is 0.226 e. The number of primary amides is 1. The summed E-state index contributed by atoms with van der Waals surface area (Å²) in [6, 6.07) is 24.9. The van der Waals surface area contributed by atoms with E-state index in [9.17, 15) is 4.79 Å². The third kappa shape index (κ3) is 4.90. The summed E-state index contributed by atoms with van der Waals surface area (Å²) in [5, 5.41) is 2.04. The van der Waals surface area contributed by atoms with Gasteiger partial charge in [-0.1, -0.05) is 54.6 Å². The first-order valence-corrected chi connectivity index (χ1v) is 10.3.